The van der Waals surface area contributed by atoms with E-state index in [4.69, 9.17) is 4.74 Å². The second kappa shape index (κ2) is 6.89. The molecule has 0 spiro atoms. The van der Waals surface area contributed by atoms with Gasteiger partial charge >= 0.3 is 5.97 Å². The minimum Gasteiger partial charge on any atom is -0.466 e. The molecule has 0 aromatic rings. The summed E-state index contributed by atoms with van der Waals surface area (Å²) in [7, 11) is 0. The third-order valence-electron chi connectivity index (χ3n) is 3.15. The van der Waals surface area contributed by atoms with Crippen molar-refractivity contribution < 1.29 is 9.53 Å². The predicted molar refractivity (Wildman–Crippen MR) is 65.3 cm³/mol. The summed E-state index contributed by atoms with van der Waals surface area (Å²) in [5, 5.41) is 0. The average Bonchev–Trinajstić information content (AvgIpc) is 2.27. The van der Waals surface area contributed by atoms with Crippen LogP contribution in [0.15, 0.2) is 0 Å². The molecule has 0 aromatic heterocycles. The number of nitrogens with zero attached hydrogens (tertiary/aromatic N) is 1. The van der Waals surface area contributed by atoms with Crippen molar-refractivity contribution in [2.45, 2.75) is 40.0 Å². The molecule has 0 radical (unpaired) electrons. The van der Waals surface area contributed by atoms with E-state index >= 15 is 0 Å². The molecule has 1 atom stereocenters. The molecule has 1 aliphatic rings. The van der Waals surface area contributed by atoms with Gasteiger partial charge in [-0.15, -0.1) is 0 Å². The molecule has 94 valence electrons. The largest absolute Gasteiger partial charge is 0.466 e. The minimum atomic E-state index is -0.00301. The van der Waals surface area contributed by atoms with Gasteiger partial charge in [0.05, 0.1) is 12.5 Å². The van der Waals surface area contributed by atoms with Gasteiger partial charge in [-0.25, -0.2) is 0 Å². The highest BCUT2D eigenvalue weighted by atomic mass is 16.5. The fraction of sp³-hybridized carbons (Fsp3) is 0.923. The van der Waals surface area contributed by atoms with E-state index in [1.54, 1.807) is 0 Å². The minimum absolute atomic E-state index is 0.00301. The van der Waals surface area contributed by atoms with Gasteiger partial charge in [-0.1, -0.05) is 13.8 Å². The van der Waals surface area contributed by atoms with Crippen molar-refractivity contribution >= 4 is 5.97 Å². The number of rotatable bonds is 5. The molecule has 0 aliphatic carbocycles. The van der Waals surface area contributed by atoms with Gasteiger partial charge in [-0.3, -0.25) is 4.79 Å². The smallest absolute Gasteiger partial charge is 0.310 e. The maximum absolute atomic E-state index is 11.6. The second-order valence-electron chi connectivity index (χ2n) is 5.07. The zero-order valence-corrected chi connectivity index (χ0v) is 10.9. The van der Waals surface area contributed by atoms with E-state index in [0.29, 0.717) is 6.61 Å². The molecule has 0 saturated carbocycles. The number of hydrogen-bond donors (Lipinski definition) is 0. The Kier molecular flexibility index (Phi) is 5.81. The summed E-state index contributed by atoms with van der Waals surface area (Å²) in [5.74, 6) is 0.848. The third-order valence-corrected chi connectivity index (χ3v) is 3.15. The third kappa shape index (κ3) is 4.52. The highest BCUT2D eigenvalue weighted by Gasteiger charge is 2.26. The van der Waals surface area contributed by atoms with E-state index in [1.165, 1.54) is 6.42 Å². The van der Waals surface area contributed by atoms with E-state index in [0.717, 1.165) is 38.4 Å². The molecule has 1 rings (SSSR count). The van der Waals surface area contributed by atoms with Gasteiger partial charge < -0.3 is 9.64 Å². The van der Waals surface area contributed by atoms with Gasteiger partial charge in [0.1, 0.15) is 0 Å². The van der Waals surface area contributed by atoms with Crippen molar-refractivity contribution in [2.75, 3.05) is 26.2 Å². The van der Waals surface area contributed by atoms with Crippen LogP contribution in [0.2, 0.25) is 0 Å². The molecular formula is C13H25NO2. The summed E-state index contributed by atoms with van der Waals surface area (Å²) in [6.45, 7) is 10.0. The van der Waals surface area contributed by atoms with Gasteiger partial charge in [0, 0.05) is 6.54 Å². The van der Waals surface area contributed by atoms with E-state index in [9.17, 15) is 4.79 Å². The van der Waals surface area contributed by atoms with Crippen molar-refractivity contribution in [2.24, 2.45) is 11.8 Å². The SMILES string of the molecule is CCOC(=O)C1CCCN(CCC(C)C)C1. The Balaban J connectivity index is 2.32. The van der Waals surface area contributed by atoms with Crippen LogP contribution in [0.4, 0.5) is 0 Å². The lowest BCUT2D eigenvalue weighted by atomic mass is 9.97. The number of hydrogen-bond acceptors (Lipinski definition) is 3. The van der Waals surface area contributed by atoms with Crippen molar-refractivity contribution in [1.82, 2.24) is 4.90 Å². The Morgan fingerprint density at radius 1 is 1.50 bits per heavy atom. The van der Waals surface area contributed by atoms with Crippen LogP contribution in [-0.2, 0) is 9.53 Å². The number of likely N-dealkylation sites (tertiary alicyclic amines) is 1. The fourth-order valence-corrected chi connectivity index (χ4v) is 2.15. The molecule has 1 fully saturated rings. The van der Waals surface area contributed by atoms with E-state index < -0.39 is 0 Å². The Morgan fingerprint density at radius 3 is 2.88 bits per heavy atom. The number of carbonyl (C=O) groups excluding carboxylic acids is 1. The first-order valence-corrected chi connectivity index (χ1v) is 6.52. The molecule has 1 unspecified atom stereocenters. The monoisotopic (exact) mass is 227 g/mol. The number of esters is 1. The zero-order valence-electron chi connectivity index (χ0n) is 10.9. The lowest BCUT2D eigenvalue weighted by molar-refractivity contribution is -0.149. The lowest BCUT2D eigenvalue weighted by Crippen LogP contribution is -2.40. The first kappa shape index (κ1) is 13.5. The summed E-state index contributed by atoms with van der Waals surface area (Å²) in [6, 6.07) is 0. The van der Waals surface area contributed by atoms with Gasteiger partial charge in [-0.2, -0.15) is 0 Å². The van der Waals surface area contributed by atoms with Crippen LogP contribution >= 0.6 is 0 Å². The first-order chi connectivity index (χ1) is 7.63. The van der Waals surface area contributed by atoms with Crippen LogP contribution in [-0.4, -0.2) is 37.1 Å². The number of ether oxygens (including phenoxy) is 1. The van der Waals surface area contributed by atoms with Crippen LogP contribution in [0, 0.1) is 11.8 Å². The topological polar surface area (TPSA) is 29.5 Å². The Bertz CT molecular complexity index is 216. The van der Waals surface area contributed by atoms with Crippen LogP contribution in [0.25, 0.3) is 0 Å². The van der Waals surface area contributed by atoms with E-state index in [-0.39, 0.29) is 11.9 Å². The fourth-order valence-electron chi connectivity index (χ4n) is 2.15. The maximum Gasteiger partial charge on any atom is 0.310 e. The number of carbonyl (C=O) groups is 1. The summed E-state index contributed by atoms with van der Waals surface area (Å²) >= 11 is 0. The van der Waals surface area contributed by atoms with E-state index in [1.807, 2.05) is 6.92 Å². The van der Waals surface area contributed by atoms with Gasteiger partial charge in [-0.05, 0) is 45.2 Å². The molecule has 1 aliphatic heterocycles. The van der Waals surface area contributed by atoms with Crippen molar-refractivity contribution in [3.63, 3.8) is 0 Å². The van der Waals surface area contributed by atoms with E-state index in [2.05, 4.69) is 18.7 Å². The Hall–Kier alpha value is -0.570. The predicted octanol–water partition coefficient (Wildman–Crippen LogP) is 2.31. The van der Waals surface area contributed by atoms with Crippen LogP contribution < -0.4 is 0 Å². The molecule has 0 aromatic carbocycles. The van der Waals surface area contributed by atoms with Crippen LogP contribution in [0.3, 0.4) is 0 Å². The second-order valence-corrected chi connectivity index (χ2v) is 5.07. The highest BCUT2D eigenvalue weighted by molar-refractivity contribution is 5.72. The summed E-state index contributed by atoms with van der Waals surface area (Å²) in [5.41, 5.74) is 0. The summed E-state index contributed by atoms with van der Waals surface area (Å²) in [6.07, 6.45) is 3.34. The normalized spacial score (nSPS) is 22.4. The number of piperidine rings is 1. The molecule has 0 bridgehead atoms. The van der Waals surface area contributed by atoms with Crippen LogP contribution in [0.1, 0.15) is 40.0 Å². The molecule has 1 heterocycles. The Morgan fingerprint density at radius 2 is 2.25 bits per heavy atom. The molecular weight excluding hydrogens is 202 g/mol. The molecule has 1 saturated heterocycles. The van der Waals surface area contributed by atoms with Gasteiger partial charge in [0.25, 0.3) is 0 Å². The standard InChI is InChI=1S/C13H25NO2/c1-4-16-13(15)12-6-5-8-14(10-12)9-7-11(2)3/h11-12H,4-10H2,1-3H3. The Labute approximate surface area is 99.1 Å². The summed E-state index contributed by atoms with van der Waals surface area (Å²) in [4.78, 5) is 14.0. The average molecular weight is 227 g/mol. The van der Waals surface area contributed by atoms with Gasteiger partial charge in [0.15, 0.2) is 0 Å². The first-order valence-electron chi connectivity index (χ1n) is 6.52. The van der Waals surface area contributed by atoms with Crippen molar-refractivity contribution in [1.29, 1.82) is 0 Å². The van der Waals surface area contributed by atoms with Crippen molar-refractivity contribution in [3.05, 3.63) is 0 Å². The molecule has 0 N–H and O–H groups in total. The quantitative estimate of drug-likeness (QED) is 0.675. The molecule has 0 amide bonds. The maximum atomic E-state index is 11.6. The lowest BCUT2D eigenvalue weighted by Gasteiger charge is -2.31. The molecule has 16 heavy (non-hydrogen) atoms. The zero-order chi connectivity index (χ0) is 12.0. The molecule has 3 nitrogen and oxygen atoms in total. The van der Waals surface area contributed by atoms with Gasteiger partial charge in [0.2, 0.25) is 0 Å². The van der Waals surface area contributed by atoms with Crippen LogP contribution in [0.5, 0.6) is 0 Å². The van der Waals surface area contributed by atoms with Crippen molar-refractivity contribution in [3.8, 4) is 0 Å². The summed E-state index contributed by atoms with van der Waals surface area (Å²) < 4.78 is 5.09. The highest BCUT2D eigenvalue weighted by Crippen LogP contribution is 2.18. The molecule has 3 heteroatoms.